The maximum atomic E-state index is 11.7. The predicted octanol–water partition coefficient (Wildman–Crippen LogP) is 2.20. The van der Waals surface area contributed by atoms with Crippen LogP contribution in [0.2, 0.25) is 0 Å². The summed E-state index contributed by atoms with van der Waals surface area (Å²) < 4.78 is 0. The van der Waals surface area contributed by atoms with Gasteiger partial charge < -0.3 is 5.11 Å². The molecule has 2 atom stereocenters. The first-order valence-corrected chi connectivity index (χ1v) is 7.06. The summed E-state index contributed by atoms with van der Waals surface area (Å²) in [5, 5.41) is 10.6. The van der Waals surface area contributed by atoms with E-state index in [1.807, 2.05) is 37.3 Å². The molecule has 104 valence electrons. The molecule has 0 amide bonds. The van der Waals surface area contributed by atoms with Crippen LogP contribution >= 0.6 is 0 Å². The number of piperidine rings is 1. The average Bonchev–Trinajstić information content (AvgIpc) is 2.42. The van der Waals surface area contributed by atoms with E-state index in [9.17, 15) is 9.90 Å². The summed E-state index contributed by atoms with van der Waals surface area (Å²) in [4.78, 5) is 13.9. The molecular formula is C16H23NO2. The number of nitrogens with zero attached hydrogens (tertiary/aromatic N) is 1. The standard InChI is InChI=1S/C16H23NO2/c1-3-13-11-17(10-9-15(13)18)12-16(2,19)14-7-5-4-6-8-14/h4-8,13,19H,3,9-12H2,1-2H3. The number of carbonyl (C=O) groups excluding carboxylic acids is 1. The van der Waals surface area contributed by atoms with Gasteiger partial charge in [-0.3, -0.25) is 9.69 Å². The van der Waals surface area contributed by atoms with Crippen molar-refractivity contribution in [1.29, 1.82) is 0 Å². The highest BCUT2D eigenvalue weighted by molar-refractivity contribution is 5.82. The number of hydrogen-bond donors (Lipinski definition) is 1. The Bertz CT molecular complexity index is 428. The monoisotopic (exact) mass is 261 g/mol. The van der Waals surface area contributed by atoms with Crippen LogP contribution in [0, 0.1) is 5.92 Å². The lowest BCUT2D eigenvalue weighted by Gasteiger charge is -2.36. The lowest BCUT2D eigenvalue weighted by Crippen LogP contribution is -2.46. The zero-order valence-corrected chi connectivity index (χ0v) is 11.8. The Hall–Kier alpha value is -1.19. The molecule has 1 saturated heterocycles. The number of Topliss-reactive ketones (excluding diaryl/α,β-unsaturated/α-hetero) is 1. The summed E-state index contributed by atoms with van der Waals surface area (Å²) >= 11 is 0. The summed E-state index contributed by atoms with van der Waals surface area (Å²) in [7, 11) is 0. The van der Waals surface area contributed by atoms with Gasteiger partial charge in [-0.2, -0.15) is 0 Å². The van der Waals surface area contributed by atoms with Crippen molar-refractivity contribution in [1.82, 2.24) is 4.90 Å². The Labute approximate surface area is 115 Å². The fourth-order valence-electron chi connectivity index (χ4n) is 2.80. The Balaban J connectivity index is 2.02. The van der Waals surface area contributed by atoms with Gasteiger partial charge in [0.25, 0.3) is 0 Å². The summed E-state index contributed by atoms with van der Waals surface area (Å²) in [5.74, 6) is 0.512. The molecule has 0 saturated carbocycles. The minimum atomic E-state index is -0.861. The largest absolute Gasteiger partial charge is 0.384 e. The van der Waals surface area contributed by atoms with E-state index in [0.717, 1.165) is 25.1 Å². The molecule has 0 radical (unpaired) electrons. The molecule has 1 fully saturated rings. The number of carbonyl (C=O) groups is 1. The molecule has 1 N–H and O–H groups in total. The van der Waals surface area contributed by atoms with Crippen LogP contribution in [0.4, 0.5) is 0 Å². The van der Waals surface area contributed by atoms with Crippen LogP contribution in [0.5, 0.6) is 0 Å². The normalized spacial score (nSPS) is 24.2. The lowest BCUT2D eigenvalue weighted by atomic mass is 9.91. The van der Waals surface area contributed by atoms with E-state index in [0.29, 0.717) is 18.7 Å². The van der Waals surface area contributed by atoms with Crippen molar-refractivity contribution in [2.45, 2.75) is 32.3 Å². The fraction of sp³-hybridized carbons (Fsp3) is 0.562. The summed E-state index contributed by atoms with van der Waals surface area (Å²) in [5.41, 5.74) is 0.0693. The average molecular weight is 261 g/mol. The van der Waals surface area contributed by atoms with Gasteiger partial charge in [-0.1, -0.05) is 37.3 Å². The van der Waals surface area contributed by atoms with E-state index < -0.39 is 5.60 Å². The van der Waals surface area contributed by atoms with Crippen molar-refractivity contribution in [3.05, 3.63) is 35.9 Å². The molecule has 2 rings (SSSR count). The van der Waals surface area contributed by atoms with Gasteiger partial charge in [0.15, 0.2) is 0 Å². The number of β-amino-alcohol motifs (C(OH)–C–C–N with tert-alkyl or cyclic N) is 1. The number of likely N-dealkylation sites (tertiary alicyclic amines) is 1. The third kappa shape index (κ3) is 3.43. The first kappa shape index (κ1) is 14.2. The molecule has 0 spiro atoms. The van der Waals surface area contributed by atoms with Gasteiger partial charge in [-0.15, -0.1) is 0 Å². The van der Waals surface area contributed by atoms with E-state index in [1.165, 1.54) is 0 Å². The molecule has 0 aromatic heterocycles. The van der Waals surface area contributed by atoms with Crippen molar-refractivity contribution >= 4 is 5.78 Å². The lowest BCUT2D eigenvalue weighted by molar-refractivity contribution is -0.127. The maximum Gasteiger partial charge on any atom is 0.138 e. The van der Waals surface area contributed by atoms with E-state index in [1.54, 1.807) is 0 Å². The molecule has 1 aromatic carbocycles. The minimum absolute atomic E-state index is 0.139. The van der Waals surface area contributed by atoms with Crippen molar-refractivity contribution in [2.75, 3.05) is 19.6 Å². The third-order valence-corrected chi connectivity index (χ3v) is 4.03. The van der Waals surface area contributed by atoms with Gasteiger partial charge in [0.05, 0.1) is 5.60 Å². The SMILES string of the molecule is CCC1CN(CC(C)(O)c2ccccc2)CCC1=O. The molecule has 0 bridgehead atoms. The van der Waals surface area contributed by atoms with Crippen molar-refractivity contribution in [2.24, 2.45) is 5.92 Å². The van der Waals surface area contributed by atoms with Crippen LogP contribution < -0.4 is 0 Å². The molecule has 19 heavy (non-hydrogen) atoms. The van der Waals surface area contributed by atoms with E-state index in [-0.39, 0.29) is 5.92 Å². The molecule has 2 unspecified atom stereocenters. The molecule has 3 heteroatoms. The van der Waals surface area contributed by atoms with Crippen molar-refractivity contribution in [3.63, 3.8) is 0 Å². The molecule has 1 aliphatic rings. The van der Waals surface area contributed by atoms with E-state index in [4.69, 9.17) is 0 Å². The molecule has 1 aliphatic heterocycles. The summed E-state index contributed by atoms with van der Waals surface area (Å²) in [6.07, 6.45) is 1.51. The van der Waals surface area contributed by atoms with Crippen LogP contribution in [-0.2, 0) is 10.4 Å². The molecule has 0 aliphatic carbocycles. The second-order valence-corrected chi connectivity index (χ2v) is 5.70. The maximum absolute atomic E-state index is 11.7. The summed E-state index contributed by atoms with van der Waals surface area (Å²) in [6.45, 7) is 6.03. The Kier molecular flexibility index (Phi) is 4.38. The first-order valence-electron chi connectivity index (χ1n) is 7.06. The number of ketones is 1. The summed E-state index contributed by atoms with van der Waals surface area (Å²) in [6, 6.07) is 9.74. The van der Waals surface area contributed by atoms with Gasteiger partial charge in [0.2, 0.25) is 0 Å². The smallest absolute Gasteiger partial charge is 0.138 e. The van der Waals surface area contributed by atoms with Crippen LogP contribution in [0.3, 0.4) is 0 Å². The van der Waals surface area contributed by atoms with Gasteiger partial charge in [0.1, 0.15) is 5.78 Å². The minimum Gasteiger partial charge on any atom is -0.384 e. The number of hydrogen-bond acceptors (Lipinski definition) is 3. The van der Waals surface area contributed by atoms with Crippen LogP contribution in [0.15, 0.2) is 30.3 Å². The highest BCUT2D eigenvalue weighted by atomic mass is 16.3. The molecule has 1 heterocycles. The zero-order chi connectivity index (χ0) is 13.9. The third-order valence-electron chi connectivity index (χ3n) is 4.03. The van der Waals surface area contributed by atoms with Crippen molar-refractivity contribution in [3.8, 4) is 0 Å². The van der Waals surface area contributed by atoms with Crippen LogP contribution in [0.1, 0.15) is 32.3 Å². The Morgan fingerprint density at radius 2 is 2.05 bits per heavy atom. The van der Waals surface area contributed by atoms with Gasteiger partial charge in [-0.05, 0) is 18.9 Å². The van der Waals surface area contributed by atoms with E-state index in [2.05, 4.69) is 11.8 Å². The first-order chi connectivity index (χ1) is 9.03. The van der Waals surface area contributed by atoms with Gasteiger partial charge in [0, 0.05) is 32.0 Å². The predicted molar refractivity (Wildman–Crippen MR) is 75.9 cm³/mol. The zero-order valence-electron chi connectivity index (χ0n) is 11.8. The Morgan fingerprint density at radius 1 is 1.37 bits per heavy atom. The van der Waals surface area contributed by atoms with Gasteiger partial charge in [-0.25, -0.2) is 0 Å². The van der Waals surface area contributed by atoms with Crippen LogP contribution in [-0.4, -0.2) is 35.4 Å². The second-order valence-electron chi connectivity index (χ2n) is 5.70. The highest BCUT2D eigenvalue weighted by Gasteiger charge is 2.31. The van der Waals surface area contributed by atoms with E-state index >= 15 is 0 Å². The quantitative estimate of drug-likeness (QED) is 0.903. The van der Waals surface area contributed by atoms with Crippen molar-refractivity contribution < 1.29 is 9.90 Å². The number of aliphatic hydroxyl groups is 1. The Morgan fingerprint density at radius 3 is 2.68 bits per heavy atom. The number of rotatable bonds is 4. The molecule has 3 nitrogen and oxygen atoms in total. The fourth-order valence-corrected chi connectivity index (χ4v) is 2.80. The molecular weight excluding hydrogens is 238 g/mol. The topological polar surface area (TPSA) is 40.5 Å². The molecule has 1 aromatic rings. The number of benzene rings is 1. The second kappa shape index (κ2) is 5.85. The highest BCUT2D eigenvalue weighted by Crippen LogP contribution is 2.24. The van der Waals surface area contributed by atoms with Gasteiger partial charge >= 0.3 is 0 Å². The van der Waals surface area contributed by atoms with Crippen LogP contribution in [0.25, 0.3) is 0 Å².